The monoisotopic (exact) mass is 763 g/mol. The van der Waals surface area contributed by atoms with Gasteiger partial charge in [0.05, 0.1) is 30.5 Å². The number of nitrogen functional groups attached to an aromatic ring is 2. The summed E-state index contributed by atoms with van der Waals surface area (Å²) in [5.74, 6) is -3.25. The number of nitrogens with two attached hydrogens (primary N) is 2. The van der Waals surface area contributed by atoms with Gasteiger partial charge in [-0.1, -0.05) is 0 Å². The number of H-pyrrole nitrogens is 1. The van der Waals surface area contributed by atoms with E-state index in [1.165, 1.54) is 18.3 Å². The standard InChI is InChI=1S/C30H38N9O13P/c31-25-24-18(35-29(32)36-25)6-5-17(10-33-16-3-1-14(2-4-16)26(43)34-19(28(45)46)7-8-23(41)42)38(24)11-15-12-39(30(47)37-27(15)44)22-9-20(40)21(52-22)13-51-53(48,49)50/h1-4,12,17,19-22,33,40H,5-11,13H2,(H,34,43)(H,41,42)(H,45,46)(H,37,44,47)(H2,48,49,50)(H4,31,32,35,36)/t17-,19+,20+,21-,22-/m1/s1. The van der Waals surface area contributed by atoms with Crippen LogP contribution in [0.2, 0.25) is 0 Å². The van der Waals surface area contributed by atoms with Crippen LogP contribution in [0.25, 0.3) is 0 Å². The SMILES string of the molecule is Nc1nc(N)c2c(n1)CC[C@H](CNc1ccc(C(=O)N[C@@H](CCC(=O)O)C(=O)O)cc1)N2Cc1cn([C@H]2C[C@H](O)[C@@H](COP(=O)(O)O)O2)c(=O)[nH]c1=O. The Morgan fingerprint density at radius 1 is 1.13 bits per heavy atom. The number of hydrogen-bond donors (Lipinski definition) is 10. The van der Waals surface area contributed by atoms with E-state index in [1.54, 1.807) is 17.0 Å². The van der Waals surface area contributed by atoms with Gasteiger partial charge in [-0.2, -0.15) is 4.98 Å². The second-order valence-corrected chi connectivity index (χ2v) is 13.6. The van der Waals surface area contributed by atoms with Crippen LogP contribution in [-0.2, 0) is 36.4 Å². The third-order valence-electron chi connectivity index (χ3n) is 8.69. The number of fused-ring (bicyclic) bond motifs is 1. The number of amides is 1. The van der Waals surface area contributed by atoms with E-state index in [0.29, 0.717) is 29.9 Å². The largest absolute Gasteiger partial charge is 0.481 e. The molecule has 0 unspecified atom stereocenters. The molecule has 1 saturated heterocycles. The van der Waals surface area contributed by atoms with Gasteiger partial charge in [-0.05, 0) is 43.5 Å². The van der Waals surface area contributed by atoms with E-state index in [1.807, 2.05) is 0 Å². The zero-order valence-corrected chi connectivity index (χ0v) is 28.7. The molecule has 22 nitrogen and oxygen atoms in total. The molecule has 1 fully saturated rings. The predicted octanol–water partition coefficient (Wildman–Crippen LogP) is -1.27. The highest BCUT2D eigenvalue weighted by atomic mass is 31.2. The summed E-state index contributed by atoms with van der Waals surface area (Å²) in [6.45, 7) is -0.496. The number of carbonyl (C=O) groups excluding carboxylic acids is 1. The molecule has 0 radical (unpaired) electrons. The first-order valence-electron chi connectivity index (χ1n) is 16.1. The molecule has 53 heavy (non-hydrogen) atoms. The minimum Gasteiger partial charge on any atom is -0.481 e. The molecule has 2 aromatic heterocycles. The number of rotatable bonds is 15. The van der Waals surface area contributed by atoms with Gasteiger partial charge in [0.25, 0.3) is 11.5 Å². The Bertz CT molecular complexity index is 2020. The lowest BCUT2D eigenvalue weighted by atomic mass is 9.98. The number of nitrogens with zero attached hydrogens (tertiary/aromatic N) is 4. The first-order chi connectivity index (χ1) is 25.0. The Morgan fingerprint density at radius 3 is 2.51 bits per heavy atom. The highest BCUT2D eigenvalue weighted by Crippen LogP contribution is 2.38. The molecule has 1 aromatic carbocycles. The molecule has 3 aromatic rings. The normalized spacial score (nSPS) is 20.4. The smallest absolute Gasteiger partial charge is 0.469 e. The number of phosphoric acid groups is 1. The summed E-state index contributed by atoms with van der Waals surface area (Å²) in [6.07, 6.45) is -2.19. The number of ether oxygens (including phenoxy) is 1. The second kappa shape index (κ2) is 16.1. The van der Waals surface area contributed by atoms with Crippen LogP contribution < -0.4 is 38.2 Å². The lowest BCUT2D eigenvalue weighted by molar-refractivity contribution is -0.140. The van der Waals surface area contributed by atoms with Gasteiger partial charge in [-0.15, -0.1) is 0 Å². The zero-order valence-electron chi connectivity index (χ0n) is 27.8. The predicted molar refractivity (Wildman–Crippen MR) is 184 cm³/mol. The molecule has 2 aliphatic heterocycles. The van der Waals surface area contributed by atoms with Crippen molar-refractivity contribution >= 4 is 48.8 Å². The fourth-order valence-corrected chi connectivity index (χ4v) is 6.42. The molecule has 2 aliphatic rings. The Morgan fingerprint density at radius 2 is 1.85 bits per heavy atom. The number of hydrogen-bond acceptors (Lipinski definition) is 15. The number of aliphatic carboxylic acids is 2. The number of aliphatic hydroxyl groups excluding tert-OH is 1. The molecule has 0 spiro atoms. The fraction of sp³-hybridized carbons (Fsp3) is 0.433. The van der Waals surface area contributed by atoms with E-state index in [9.17, 15) is 38.8 Å². The zero-order chi connectivity index (χ0) is 38.6. The van der Waals surface area contributed by atoms with Gasteiger partial charge < -0.3 is 56.8 Å². The summed E-state index contributed by atoms with van der Waals surface area (Å²) in [4.78, 5) is 91.5. The van der Waals surface area contributed by atoms with E-state index >= 15 is 0 Å². The number of benzene rings is 1. The van der Waals surface area contributed by atoms with E-state index in [-0.39, 0.29) is 54.9 Å². The number of aliphatic hydroxyl groups is 1. The van der Waals surface area contributed by atoms with Gasteiger partial charge >= 0.3 is 25.5 Å². The maximum Gasteiger partial charge on any atom is 0.469 e. The fourth-order valence-electron chi connectivity index (χ4n) is 6.08. The number of anilines is 4. The third-order valence-corrected chi connectivity index (χ3v) is 9.17. The second-order valence-electron chi connectivity index (χ2n) is 12.4. The molecule has 286 valence electrons. The van der Waals surface area contributed by atoms with Crippen molar-refractivity contribution < 1.29 is 53.3 Å². The van der Waals surface area contributed by atoms with E-state index in [0.717, 1.165) is 4.57 Å². The summed E-state index contributed by atoms with van der Waals surface area (Å²) in [5.41, 5.74) is 12.4. The molecule has 5 rings (SSSR count). The number of aromatic amines is 1. The lowest BCUT2D eigenvalue weighted by Gasteiger charge is -2.39. The summed E-state index contributed by atoms with van der Waals surface area (Å²) >= 11 is 0. The number of carboxylic acid groups (broad SMARTS) is 2. The van der Waals surface area contributed by atoms with Crippen LogP contribution >= 0.6 is 7.82 Å². The van der Waals surface area contributed by atoms with Crippen molar-refractivity contribution in [2.45, 2.75) is 69.2 Å². The minimum absolute atomic E-state index is 0.0425. The number of phosphoric ester groups is 1. The summed E-state index contributed by atoms with van der Waals surface area (Å²) < 4.78 is 22.3. The molecule has 0 aliphatic carbocycles. The molecule has 4 heterocycles. The van der Waals surface area contributed by atoms with Crippen LogP contribution in [0.5, 0.6) is 0 Å². The van der Waals surface area contributed by atoms with E-state index in [2.05, 4.69) is 30.1 Å². The van der Waals surface area contributed by atoms with Crippen molar-refractivity contribution in [1.29, 1.82) is 0 Å². The highest BCUT2D eigenvalue weighted by molar-refractivity contribution is 7.46. The van der Waals surface area contributed by atoms with Crippen LogP contribution in [0.15, 0.2) is 40.1 Å². The number of carboxylic acids is 2. The average Bonchev–Trinajstić information content (AvgIpc) is 3.45. The van der Waals surface area contributed by atoms with Crippen LogP contribution in [0.1, 0.15) is 53.5 Å². The summed E-state index contributed by atoms with van der Waals surface area (Å²) in [5, 5.41) is 34.2. The van der Waals surface area contributed by atoms with Crippen LogP contribution in [0.4, 0.5) is 23.1 Å². The third kappa shape index (κ3) is 9.74. The molecule has 1 amide bonds. The van der Waals surface area contributed by atoms with Crippen molar-refractivity contribution in [2.24, 2.45) is 0 Å². The maximum absolute atomic E-state index is 13.1. The maximum atomic E-state index is 13.1. The van der Waals surface area contributed by atoms with Gasteiger partial charge in [0.1, 0.15) is 24.1 Å². The Balaban J connectivity index is 1.34. The number of aryl methyl sites for hydroxylation is 1. The molecule has 23 heteroatoms. The Kier molecular flexibility index (Phi) is 11.8. The summed E-state index contributed by atoms with van der Waals surface area (Å²) in [6, 6.07) is 4.36. The van der Waals surface area contributed by atoms with Crippen molar-refractivity contribution in [2.75, 3.05) is 34.8 Å². The van der Waals surface area contributed by atoms with Crippen molar-refractivity contribution in [3.63, 3.8) is 0 Å². The van der Waals surface area contributed by atoms with Crippen molar-refractivity contribution in [3.8, 4) is 0 Å². The first-order valence-corrected chi connectivity index (χ1v) is 17.7. The van der Waals surface area contributed by atoms with Crippen molar-refractivity contribution in [1.82, 2.24) is 24.8 Å². The van der Waals surface area contributed by atoms with Gasteiger partial charge in [0.2, 0.25) is 5.95 Å². The number of nitrogens with one attached hydrogen (secondary N) is 3. The van der Waals surface area contributed by atoms with E-state index < -0.39 is 74.4 Å². The van der Waals surface area contributed by atoms with E-state index in [4.69, 9.17) is 31.1 Å². The van der Waals surface area contributed by atoms with Crippen LogP contribution in [-0.4, -0.2) is 99.9 Å². The molecular formula is C30H38N9O13P. The lowest BCUT2D eigenvalue weighted by Crippen LogP contribution is -2.46. The Labute approximate surface area is 299 Å². The average molecular weight is 764 g/mol. The van der Waals surface area contributed by atoms with Gasteiger partial charge in [-0.25, -0.2) is 19.1 Å². The quantitative estimate of drug-likeness (QED) is 0.0807. The van der Waals surface area contributed by atoms with Gasteiger partial charge in [0.15, 0.2) is 5.82 Å². The van der Waals surface area contributed by atoms with Gasteiger partial charge in [-0.3, -0.25) is 28.5 Å². The molecule has 12 N–H and O–H groups in total. The molecular weight excluding hydrogens is 725 g/mol. The molecule has 0 saturated carbocycles. The molecule has 5 atom stereocenters. The summed E-state index contributed by atoms with van der Waals surface area (Å²) in [7, 11) is -4.86. The highest BCUT2D eigenvalue weighted by Gasteiger charge is 2.38. The topological polar surface area (TPSA) is 348 Å². The van der Waals surface area contributed by atoms with Crippen molar-refractivity contribution in [3.05, 3.63) is 68.1 Å². The Hall–Kier alpha value is -5.38. The first kappa shape index (κ1) is 38.8. The van der Waals surface area contributed by atoms with Gasteiger partial charge in [0, 0.05) is 42.9 Å². The van der Waals surface area contributed by atoms with Crippen LogP contribution in [0.3, 0.4) is 0 Å². The number of aromatic nitrogens is 4. The molecule has 0 bridgehead atoms. The van der Waals surface area contributed by atoms with Crippen LogP contribution in [0, 0.1) is 0 Å². The minimum atomic E-state index is -4.86. The number of carbonyl (C=O) groups is 3.